The van der Waals surface area contributed by atoms with Gasteiger partial charge in [0.1, 0.15) is 5.60 Å². The Morgan fingerprint density at radius 1 is 1.29 bits per heavy atom. The van der Waals surface area contributed by atoms with Crippen LogP contribution in [0.15, 0.2) is 18.2 Å². The molecule has 3 rings (SSSR count). The lowest BCUT2D eigenvalue weighted by Gasteiger charge is -2.37. The van der Waals surface area contributed by atoms with Crippen LogP contribution in [0.5, 0.6) is 0 Å². The number of rotatable bonds is 1. The predicted molar refractivity (Wildman–Crippen MR) is 69.8 cm³/mol. The van der Waals surface area contributed by atoms with Crippen molar-refractivity contribution in [3.63, 3.8) is 0 Å². The molecular weight excluding hydrogens is 280 g/mol. The Morgan fingerprint density at radius 3 is 2.76 bits per heavy atom. The molecule has 0 radical (unpaired) electrons. The number of carbonyl (C=O) groups excluding carboxylic acids is 2. The van der Waals surface area contributed by atoms with Crippen LogP contribution in [-0.2, 0) is 9.53 Å². The van der Waals surface area contributed by atoms with Crippen LogP contribution < -0.4 is 0 Å². The number of ether oxygens (including phenoxy) is 1. The van der Waals surface area contributed by atoms with Crippen LogP contribution in [0.4, 0.5) is 8.78 Å². The molecule has 1 aromatic rings. The van der Waals surface area contributed by atoms with Gasteiger partial charge < -0.3 is 9.64 Å². The summed E-state index contributed by atoms with van der Waals surface area (Å²) in [5, 5.41) is 0. The summed E-state index contributed by atoms with van der Waals surface area (Å²) < 4.78 is 32.4. The second-order valence-electron chi connectivity index (χ2n) is 5.45. The first-order chi connectivity index (χ1) is 10.0. The third kappa shape index (κ3) is 2.33. The summed E-state index contributed by atoms with van der Waals surface area (Å²) in [6, 6.07) is 3.45. The standard InChI is InChI=1S/C15H15F2NO3/c16-11-4-1-3-10(13(11)17)14(20)18-7-6-15(12(19)9-18)5-2-8-21-15/h1,3-4H,2,5-9H2/t15-/m0/s1. The molecule has 2 aliphatic heterocycles. The maximum absolute atomic E-state index is 13.7. The number of Topliss-reactive ketones (excluding diaryl/α,β-unsaturated/α-hetero) is 1. The van der Waals surface area contributed by atoms with Crippen molar-refractivity contribution in [1.29, 1.82) is 0 Å². The van der Waals surface area contributed by atoms with Crippen LogP contribution >= 0.6 is 0 Å². The molecule has 2 fully saturated rings. The van der Waals surface area contributed by atoms with E-state index in [1.807, 2.05) is 0 Å². The fourth-order valence-corrected chi connectivity index (χ4v) is 2.98. The number of carbonyl (C=O) groups is 2. The zero-order valence-electron chi connectivity index (χ0n) is 11.4. The quantitative estimate of drug-likeness (QED) is 0.795. The lowest BCUT2D eigenvalue weighted by atomic mass is 9.87. The molecule has 112 valence electrons. The summed E-state index contributed by atoms with van der Waals surface area (Å²) >= 11 is 0. The third-order valence-corrected chi connectivity index (χ3v) is 4.20. The van der Waals surface area contributed by atoms with E-state index in [0.717, 1.165) is 12.5 Å². The molecule has 2 aliphatic rings. The molecule has 0 aliphatic carbocycles. The second kappa shape index (κ2) is 5.18. The van der Waals surface area contributed by atoms with Gasteiger partial charge in [-0.15, -0.1) is 0 Å². The van der Waals surface area contributed by atoms with Gasteiger partial charge in [-0.05, 0) is 25.0 Å². The van der Waals surface area contributed by atoms with Crippen molar-refractivity contribution in [3.05, 3.63) is 35.4 Å². The number of hydrogen-bond acceptors (Lipinski definition) is 3. The minimum atomic E-state index is -1.17. The van der Waals surface area contributed by atoms with E-state index in [-0.39, 0.29) is 17.9 Å². The number of piperidine rings is 1. The maximum atomic E-state index is 13.7. The van der Waals surface area contributed by atoms with Gasteiger partial charge in [-0.3, -0.25) is 9.59 Å². The molecule has 21 heavy (non-hydrogen) atoms. The van der Waals surface area contributed by atoms with Gasteiger partial charge in [0.05, 0.1) is 12.1 Å². The van der Waals surface area contributed by atoms with Crippen LogP contribution in [0, 0.1) is 11.6 Å². The molecule has 0 aromatic heterocycles. The van der Waals surface area contributed by atoms with Crippen LogP contribution in [0.25, 0.3) is 0 Å². The van der Waals surface area contributed by atoms with Gasteiger partial charge in [0.15, 0.2) is 17.4 Å². The Labute approximate surface area is 120 Å². The van der Waals surface area contributed by atoms with Gasteiger partial charge in [-0.25, -0.2) is 8.78 Å². The Hall–Kier alpha value is -1.82. The topological polar surface area (TPSA) is 46.6 Å². The number of hydrogen-bond donors (Lipinski definition) is 0. The zero-order chi connectivity index (χ0) is 15.0. The summed E-state index contributed by atoms with van der Waals surface area (Å²) in [7, 11) is 0. The van der Waals surface area contributed by atoms with Crippen molar-refractivity contribution in [1.82, 2.24) is 4.90 Å². The number of nitrogens with zero attached hydrogens (tertiary/aromatic N) is 1. The average Bonchev–Trinajstić information content (AvgIpc) is 2.94. The van der Waals surface area contributed by atoms with E-state index in [0.29, 0.717) is 26.0 Å². The minimum Gasteiger partial charge on any atom is -0.367 e. The number of likely N-dealkylation sites (tertiary alicyclic amines) is 1. The average molecular weight is 295 g/mol. The maximum Gasteiger partial charge on any atom is 0.257 e. The van der Waals surface area contributed by atoms with Crippen LogP contribution in [-0.4, -0.2) is 41.9 Å². The number of amides is 1. The first-order valence-corrected chi connectivity index (χ1v) is 6.94. The summed E-state index contributed by atoms with van der Waals surface area (Å²) in [4.78, 5) is 25.7. The molecule has 1 amide bonds. The molecule has 2 heterocycles. The van der Waals surface area contributed by atoms with Gasteiger partial charge in [0, 0.05) is 19.6 Å². The molecule has 1 atom stereocenters. The largest absolute Gasteiger partial charge is 0.367 e. The van der Waals surface area contributed by atoms with E-state index in [9.17, 15) is 18.4 Å². The highest BCUT2D eigenvalue weighted by Crippen LogP contribution is 2.33. The highest BCUT2D eigenvalue weighted by Gasteiger charge is 2.46. The van der Waals surface area contributed by atoms with E-state index < -0.39 is 23.1 Å². The van der Waals surface area contributed by atoms with Crippen molar-refractivity contribution in [2.75, 3.05) is 19.7 Å². The van der Waals surface area contributed by atoms with Crippen molar-refractivity contribution in [2.45, 2.75) is 24.9 Å². The molecule has 4 nitrogen and oxygen atoms in total. The molecule has 0 unspecified atom stereocenters. The van der Waals surface area contributed by atoms with Gasteiger partial charge in [-0.2, -0.15) is 0 Å². The molecule has 1 aromatic carbocycles. The number of halogens is 2. The molecular formula is C15H15F2NO3. The van der Waals surface area contributed by atoms with Gasteiger partial charge in [0.25, 0.3) is 5.91 Å². The Bertz CT molecular complexity index is 597. The van der Waals surface area contributed by atoms with Crippen molar-refractivity contribution < 1.29 is 23.1 Å². The Morgan fingerprint density at radius 2 is 2.10 bits per heavy atom. The number of benzene rings is 1. The lowest BCUT2D eigenvalue weighted by Crippen LogP contribution is -2.53. The summed E-state index contributed by atoms with van der Waals surface area (Å²) in [5.41, 5.74) is -1.11. The van der Waals surface area contributed by atoms with Crippen LogP contribution in [0.2, 0.25) is 0 Å². The fourth-order valence-electron chi connectivity index (χ4n) is 2.98. The Balaban J connectivity index is 1.78. The summed E-state index contributed by atoms with van der Waals surface area (Å²) in [5.74, 6) is -3.06. The molecule has 0 N–H and O–H groups in total. The third-order valence-electron chi connectivity index (χ3n) is 4.20. The van der Waals surface area contributed by atoms with Gasteiger partial charge >= 0.3 is 0 Å². The number of ketones is 1. The first-order valence-electron chi connectivity index (χ1n) is 6.94. The highest BCUT2D eigenvalue weighted by molar-refractivity contribution is 5.99. The van der Waals surface area contributed by atoms with E-state index in [4.69, 9.17) is 4.74 Å². The van der Waals surface area contributed by atoms with Gasteiger partial charge in [-0.1, -0.05) is 6.07 Å². The minimum absolute atomic E-state index is 0.116. The molecule has 0 bridgehead atoms. The lowest BCUT2D eigenvalue weighted by molar-refractivity contribution is -0.144. The monoisotopic (exact) mass is 295 g/mol. The fraction of sp³-hybridized carbons (Fsp3) is 0.467. The second-order valence-corrected chi connectivity index (χ2v) is 5.45. The van der Waals surface area contributed by atoms with E-state index in [1.165, 1.54) is 17.0 Å². The first kappa shape index (κ1) is 14.1. The molecule has 6 heteroatoms. The van der Waals surface area contributed by atoms with E-state index in [2.05, 4.69) is 0 Å². The summed E-state index contributed by atoms with van der Waals surface area (Å²) in [6.45, 7) is 0.744. The molecule has 0 saturated carbocycles. The van der Waals surface area contributed by atoms with E-state index >= 15 is 0 Å². The van der Waals surface area contributed by atoms with Crippen LogP contribution in [0.3, 0.4) is 0 Å². The SMILES string of the molecule is O=C(c1cccc(F)c1F)N1CC[C@@]2(CCCO2)C(=O)C1. The smallest absolute Gasteiger partial charge is 0.257 e. The normalized spacial score (nSPS) is 25.6. The van der Waals surface area contributed by atoms with Crippen molar-refractivity contribution >= 4 is 11.7 Å². The summed E-state index contributed by atoms with van der Waals surface area (Å²) in [6.07, 6.45) is 1.91. The van der Waals surface area contributed by atoms with Crippen LogP contribution in [0.1, 0.15) is 29.6 Å². The predicted octanol–water partition coefficient (Wildman–Crippen LogP) is 1.93. The zero-order valence-corrected chi connectivity index (χ0v) is 11.4. The van der Waals surface area contributed by atoms with Gasteiger partial charge in [0.2, 0.25) is 0 Å². The van der Waals surface area contributed by atoms with E-state index in [1.54, 1.807) is 0 Å². The van der Waals surface area contributed by atoms with Crippen molar-refractivity contribution in [2.24, 2.45) is 0 Å². The Kier molecular flexibility index (Phi) is 3.49. The molecule has 1 spiro atoms. The highest BCUT2D eigenvalue weighted by atomic mass is 19.2. The van der Waals surface area contributed by atoms with Crippen molar-refractivity contribution in [3.8, 4) is 0 Å². The molecule has 2 saturated heterocycles.